The minimum atomic E-state index is -1.19. The predicted molar refractivity (Wildman–Crippen MR) is 218 cm³/mol. The highest BCUT2D eigenvalue weighted by molar-refractivity contribution is 6.05. The van der Waals surface area contributed by atoms with Crippen LogP contribution in [0.1, 0.15) is 75.3 Å². The molecule has 14 nitrogen and oxygen atoms in total. The number of carbonyl (C=O) groups is 4. The molecular weight excluding hydrogens is 741 g/mol. The van der Waals surface area contributed by atoms with Crippen molar-refractivity contribution >= 4 is 35.1 Å². The molecule has 2 unspecified atom stereocenters. The topological polar surface area (TPSA) is 180 Å². The van der Waals surface area contributed by atoms with Crippen LogP contribution >= 0.6 is 0 Å². The van der Waals surface area contributed by atoms with E-state index in [1.807, 2.05) is 44.2 Å². The molecule has 0 spiro atoms. The van der Waals surface area contributed by atoms with Crippen molar-refractivity contribution in [2.24, 2.45) is 5.73 Å². The number of benzene rings is 4. The summed E-state index contributed by atoms with van der Waals surface area (Å²) in [7, 11) is 3.13. The number of nitrogens with one attached hydrogen (secondary N) is 3. The highest BCUT2D eigenvalue weighted by Crippen LogP contribution is 2.45. The van der Waals surface area contributed by atoms with E-state index in [9.17, 15) is 9.59 Å². The third-order valence-electron chi connectivity index (χ3n) is 9.91. The molecule has 1 aromatic heterocycles. The number of rotatable bonds is 14. The number of quaternary nitrogens is 1. The maximum absolute atomic E-state index is 15.3. The van der Waals surface area contributed by atoms with Crippen LogP contribution in [0.2, 0.25) is 0 Å². The molecular formula is C44H47N6O8+. The van der Waals surface area contributed by atoms with Crippen LogP contribution in [0.15, 0.2) is 109 Å². The summed E-state index contributed by atoms with van der Waals surface area (Å²) in [5.74, 6) is 0.603. The van der Waals surface area contributed by atoms with E-state index >= 15 is 9.59 Å². The number of hydrogen-bond acceptors (Lipinski definition) is 10. The van der Waals surface area contributed by atoms with E-state index in [4.69, 9.17) is 24.7 Å². The largest absolute Gasteiger partial charge is 0.493 e. The van der Waals surface area contributed by atoms with Crippen LogP contribution in [0.25, 0.3) is 0 Å². The number of amides is 5. The molecule has 1 saturated heterocycles. The first kappa shape index (κ1) is 40.9. The summed E-state index contributed by atoms with van der Waals surface area (Å²) in [6, 6.07) is 26.3. The fourth-order valence-electron chi connectivity index (χ4n) is 7.15. The molecule has 5 aromatic rings. The van der Waals surface area contributed by atoms with Gasteiger partial charge in [0.05, 0.1) is 44.1 Å². The Hall–Kier alpha value is -6.77. The number of urea groups is 1. The maximum atomic E-state index is 15.3. The third kappa shape index (κ3) is 8.48. The molecule has 4 aromatic carbocycles. The minimum absolute atomic E-state index is 0.0873. The normalized spacial score (nSPS) is 17.4. The number of ether oxygens (including phenoxy) is 4. The summed E-state index contributed by atoms with van der Waals surface area (Å²) in [5.41, 5.74) is 10.8. The van der Waals surface area contributed by atoms with Crippen LogP contribution in [0.5, 0.6) is 23.0 Å². The van der Waals surface area contributed by atoms with Gasteiger partial charge in [0, 0.05) is 30.2 Å². The first-order valence-electron chi connectivity index (χ1n) is 18.9. The molecule has 5 N–H and O–H groups in total. The Balaban J connectivity index is 1.51. The van der Waals surface area contributed by atoms with Gasteiger partial charge in [-0.15, -0.1) is 10.0 Å². The Morgan fingerprint density at radius 1 is 0.741 bits per heavy atom. The lowest BCUT2D eigenvalue weighted by Gasteiger charge is -2.47. The van der Waals surface area contributed by atoms with Crippen molar-refractivity contribution in [1.29, 1.82) is 0 Å². The lowest BCUT2D eigenvalue weighted by Crippen LogP contribution is -2.73. The van der Waals surface area contributed by atoms with Gasteiger partial charge in [0.2, 0.25) is 0 Å². The Bertz CT molecular complexity index is 2270. The molecule has 0 radical (unpaired) electrons. The smallest absolute Gasteiger partial charge is 0.372 e. The molecule has 0 saturated carbocycles. The highest BCUT2D eigenvalue weighted by atomic mass is 16.5. The molecule has 300 valence electrons. The zero-order valence-corrected chi connectivity index (χ0v) is 32.9. The predicted octanol–water partition coefficient (Wildman–Crippen LogP) is 7.07. The minimum Gasteiger partial charge on any atom is -0.493 e. The van der Waals surface area contributed by atoms with Crippen LogP contribution in [-0.2, 0) is 5.54 Å². The van der Waals surface area contributed by atoms with Gasteiger partial charge in [-0.2, -0.15) is 0 Å². The van der Waals surface area contributed by atoms with Crippen molar-refractivity contribution in [2.45, 2.75) is 38.6 Å². The summed E-state index contributed by atoms with van der Waals surface area (Å²) in [4.78, 5) is 58.9. The van der Waals surface area contributed by atoms with Crippen molar-refractivity contribution in [1.82, 2.24) is 10.4 Å². The van der Waals surface area contributed by atoms with Gasteiger partial charge in [-0.3, -0.25) is 9.78 Å². The molecule has 1 aliphatic heterocycles. The lowest BCUT2D eigenvalue weighted by atomic mass is 9.77. The fourth-order valence-corrected chi connectivity index (χ4v) is 7.15. The van der Waals surface area contributed by atoms with E-state index in [-0.39, 0.29) is 23.6 Å². The Kier molecular flexibility index (Phi) is 12.7. The van der Waals surface area contributed by atoms with Crippen molar-refractivity contribution in [3.8, 4) is 23.0 Å². The average Bonchev–Trinajstić information content (AvgIpc) is 3.25. The molecule has 6 rings (SSSR count). The van der Waals surface area contributed by atoms with Gasteiger partial charge >= 0.3 is 17.8 Å². The zero-order valence-electron chi connectivity index (χ0n) is 32.9. The molecule has 1 aliphatic rings. The van der Waals surface area contributed by atoms with Crippen molar-refractivity contribution in [3.63, 3.8) is 0 Å². The number of nitrogens with zero attached hydrogens (tertiary/aromatic N) is 2. The van der Waals surface area contributed by atoms with E-state index in [0.29, 0.717) is 77.1 Å². The summed E-state index contributed by atoms with van der Waals surface area (Å²) in [5, 5.41) is 5.34. The zero-order chi connectivity index (χ0) is 41.3. The Morgan fingerprint density at radius 3 is 1.81 bits per heavy atom. The SMILES string of the molecule is CCCOc1cc(C2(c3ccc(OC)c(OCC)c3)CCC[N+](C(=O)c3ccc(NC(N)=O)cc3)(C(=O)c3ccc(NC(=O)c4cccnc4)cc3)N2)ccc1OC. The van der Waals surface area contributed by atoms with Gasteiger partial charge in [-0.25, -0.2) is 14.4 Å². The van der Waals surface area contributed by atoms with Gasteiger partial charge in [0.25, 0.3) is 5.91 Å². The maximum Gasteiger partial charge on any atom is 0.372 e. The summed E-state index contributed by atoms with van der Waals surface area (Å²) in [6.45, 7) is 4.78. The molecule has 0 bridgehead atoms. The molecule has 14 heteroatoms. The van der Waals surface area contributed by atoms with E-state index < -0.39 is 28.0 Å². The first-order valence-corrected chi connectivity index (χ1v) is 18.9. The van der Waals surface area contributed by atoms with E-state index in [2.05, 4.69) is 21.0 Å². The highest BCUT2D eigenvalue weighted by Gasteiger charge is 2.56. The number of imide groups is 1. The number of pyridine rings is 1. The van der Waals surface area contributed by atoms with Crippen LogP contribution in [0.3, 0.4) is 0 Å². The fraction of sp³-hybridized carbons (Fsp3) is 0.250. The number of methoxy groups -OCH3 is 2. The number of carbonyl (C=O) groups excluding carboxylic acids is 4. The van der Waals surface area contributed by atoms with Crippen molar-refractivity contribution in [3.05, 3.63) is 137 Å². The molecule has 1 fully saturated rings. The van der Waals surface area contributed by atoms with E-state index in [1.54, 1.807) is 87.1 Å². The van der Waals surface area contributed by atoms with Gasteiger partial charge in [0.15, 0.2) is 23.0 Å². The van der Waals surface area contributed by atoms with Crippen LogP contribution in [-0.4, -0.2) is 67.3 Å². The summed E-state index contributed by atoms with van der Waals surface area (Å²) < 4.78 is 22.7. The van der Waals surface area contributed by atoms with Gasteiger partial charge in [-0.1, -0.05) is 19.1 Å². The molecule has 2 atom stereocenters. The van der Waals surface area contributed by atoms with Gasteiger partial charge in [0.1, 0.15) is 12.1 Å². The van der Waals surface area contributed by atoms with Crippen molar-refractivity contribution < 1.29 is 42.7 Å². The molecule has 58 heavy (non-hydrogen) atoms. The third-order valence-corrected chi connectivity index (χ3v) is 9.91. The Labute approximate surface area is 336 Å². The second kappa shape index (κ2) is 18.0. The summed E-state index contributed by atoms with van der Waals surface area (Å²) >= 11 is 0. The summed E-state index contributed by atoms with van der Waals surface area (Å²) in [6.07, 6.45) is 4.67. The standard InChI is InChI=1S/C44H46N6O8/c1-5-25-58-39-27-33(15-21-37(39)56-4)44(32-14-20-36(55-3)38(26-32)57-6-2)22-8-24-50(49-44,42(53)30-12-18-35(19-13-30)48-43(45)54)41(52)29-10-16-34(17-11-29)47-40(51)31-9-7-23-46-28-31/h7,9-21,23,26-28,49H,5-6,8,22,24-25H2,1-4H3,(H3-,45,47,48,51,52,53,54)/p+1. The van der Waals surface area contributed by atoms with Crippen LogP contribution < -0.4 is 40.7 Å². The molecule has 2 heterocycles. The van der Waals surface area contributed by atoms with Crippen molar-refractivity contribution in [2.75, 3.05) is 44.6 Å². The van der Waals surface area contributed by atoms with E-state index in [1.165, 1.54) is 6.20 Å². The van der Waals surface area contributed by atoms with Gasteiger partial charge in [-0.05, 0) is 116 Å². The number of hydrogen-bond donors (Lipinski definition) is 4. The van der Waals surface area contributed by atoms with Crippen LogP contribution in [0.4, 0.5) is 16.2 Å². The van der Waals surface area contributed by atoms with Crippen LogP contribution in [0, 0.1) is 0 Å². The molecule has 0 aliphatic carbocycles. The number of primary amides is 1. The van der Waals surface area contributed by atoms with Gasteiger partial charge < -0.3 is 35.3 Å². The second-order valence-electron chi connectivity index (χ2n) is 13.6. The lowest BCUT2D eigenvalue weighted by molar-refractivity contribution is -0.829. The first-order chi connectivity index (χ1) is 28.1. The quantitative estimate of drug-likeness (QED) is 0.0672. The molecule has 5 amide bonds. The number of aromatic nitrogens is 1. The number of nitrogens with two attached hydrogens (primary N) is 1. The average molecular weight is 788 g/mol. The number of anilines is 2. The van der Waals surface area contributed by atoms with E-state index in [0.717, 1.165) is 6.42 Å². The second-order valence-corrected chi connectivity index (χ2v) is 13.6. The Morgan fingerprint density at radius 2 is 1.31 bits per heavy atom. The monoisotopic (exact) mass is 787 g/mol.